The first-order valence-corrected chi connectivity index (χ1v) is 5.70. The van der Waals surface area contributed by atoms with Gasteiger partial charge in [0.2, 0.25) is 0 Å². The lowest BCUT2D eigenvalue weighted by Crippen LogP contribution is -2.07. The molecule has 1 heterocycles. The third-order valence-corrected chi connectivity index (χ3v) is 2.89. The standard InChI is InChI=1S/C12H12ClN3O2/c13-11-4-9(14)1-2-10(11)12(18-7-17)3-8-5-15-16-6-8/h1-2,4-7,12H,3,14H2,(H,15,16). The SMILES string of the molecule is Nc1ccc(C(Cc2cn[nH]c2)OC=O)c(Cl)c1. The van der Waals surface area contributed by atoms with Crippen molar-refractivity contribution in [1.29, 1.82) is 0 Å². The Hall–Kier alpha value is -2.01. The number of nitrogen functional groups attached to an aromatic ring is 1. The Morgan fingerprint density at radius 2 is 2.39 bits per heavy atom. The maximum Gasteiger partial charge on any atom is 0.293 e. The zero-order valence-electron chi connectivity index (χ0n) is 9.47. The minimum Gasteiger partial charge on any atom is -0.459 e. The van der Waals surface area contributed by atoms with E-state index < -0.39 is 6.10 Å². The number of nitrogens with one attached hydrogen (secondary N) is 1. The van der Waals surface area contributed by atoms with Gasteiger partial charge in [-0.3, -0.25) is 9.89 Å². The van der Waals surface area contributed by atoms with Gasteiger partial charge in [-0.25, -0.2) is 0 Å². The van der Waals surface area contributed by atoms with Crippen LogP contribution in [0.3, 0.4) is 0 Å². The van der Waals surface area contributed by atoms with Crippen LogP contribution in [0.25, 0.3) is 0 Å². The van der Waals surface area contributed by atoms with Gasteiger partial charge in [0.1, 0.15) is 6.10 Å². The van der Waals surface area contributed by atoms with E-state index in [1.54, 1.807) is 30.6 Å². The topological polar surface area (TPSA) is 81.0 Å². The van der Waals surface area contributed by atoms with Crippen LogP contribution in [0, 0.1) is 0 Å². The summed E-state index contributed by atoms with van der Waals surface area (Å²) >= 11 is 6.10. The van der Waals surface area contributed by atoms with Gasteiger partial charge in [0.15, 0.2) is 0 Å². The molecule has 18 heavy (non-hydrogen) atoms. The number of nitrogens with zero attached hydrogens (tertiary/aromatic N) is 1. The average Bonchev–Trinajstić information content (AvgIpc) is 2.81. The van der Waals surface area contributed by atoms with Crippen LogP contribution >= 0.6 is 11.6 Å². The Morgan fingerprint density at radius 1 is 1.56 bits per heavy atom. The Bertz CT molecular complexity index is 528. The second kappa shape index (κ2) is 5.55. The molecule has 0 aliphatic heterocycles. The molecule has 0 aliphatic carbocycles. The molecular weight excluding hydrogens is 254 g/mol. The minimum atomic E-state index is -0.451. The van der Waals surface area contributed by atoms with Gasteiger partial charge in [-0.15, -0.1) is 0 Å². The molecule has 0 spiro atoms. The molecule has 6 heteroatoms. The summed E-state index contributed by atoms with van der Waals surface area (Å²) in [5, 5.41) is 7.03. The first-order valence-electron chi connectivity index (χ1n) is 5.32. The van der Waals surface area contributed by atoms with Crippen molar-refractivity contribution in [3.05, 3.63) is 46.7 Å². The van der Waals surface area contributed by atoms with Gasteiger partial charge in [0, 0.05) is 28.9 Å². The van der Waals surface area contributed by atoms with E-state index >= 15 is 0 Å². The highest BCUT2D eigenvalue weighted by Crippen LogP contribution is 2.29. The van der Waals surface area contributed by atoms with E-state index in [-0.39, 0.29) is 0 Å². The van der Waals surface area contributed by atoms with E-state index in [1.165, 1.54) is 0 Å². The van der Waals surface area contributed by atoms with Crippen LogP contribution in [0.2, 0.25) is 5.02 Å². The molecule has 0 amide bonds. The fourth-order valence-electron chi connectivity index (χ4n) is 1.71. The third kappa shape index (κ3) is 2.81. The number of nitrogens with two attached hydrogens (primary N) is 1. The van der Waals surface area contributed by atoms with Crippen LogP contribution in [0.4, 0.5) is 5.69 Å². The minimum absolute atomic E-state index is 0.414. The van der Waals surface area contributed by atoms with Gasteiger partial charge in [0.05, 0.1) is 6.20 Å². The summed E-state index contributed by atoms with van der Waals surface area (Å²) in [6.45, 7) is 0.414. The number of benzene rings is 1. The highest BCUT2D eigenvalue weighted by molar-refractivity contribution is 6.31. The molecule has 2 rings (SSSR count). The number of aromatic nitrogens is 2. The van der Waals surface area contributed by atoms with Crippen LogP contribution in [0.5, 0.6) is 0 Å². The number of H-pyrrole nitrogens is 1. The van der Waals surface area contributed by atoms with Crippen molar-refractivity contribution in [2.45, 2.75) is 12.5 Å². The summed E-state index contributed by atoms with van der Waals surface area (Å²) < 4.78 is 5.07. The number of carbonyl (C=O) groups excluding carboxylic acids is 1. The quantitative estimate of drug-likeness (QED) is 0.641. The average molecular weight is 266 g/mol. The van der Waals surface area contributed by atoms with Gasteiger partial charge in [-0.2, -0.15) is 5.10 Å². The van der Waals surface area contributed by atoms with Crippen LogP contribution in [0.15, 0.2) is 30.6 Å². The molecule has 1 atom stereocenters. The van der Waals surface area contributed by atoms with E-state index in [2.05, 4.69) is 10.2 Å². The van der Waals surface area contributed by atoms with Gasteiger partial charge in [0.25, 0.3) is 6.47 Å². The molecule has 0 bridgehead atoms. The van der Waals surface area contributed by atoms with E-state index in [9.17, 15) is 4.79 Å². The van der Waals surface area contributed by atoms with Crippen LogP contribution in [-0.2, 0) is 16.0 Å². The lowest BCUT2D eigenvalue weighted by molar-refractivity contribution is -0.133. The molecule has 0 fully saturated rings. The van der Waals surface area contributed by atoms with Crippen molar-refractivity contribution in [3.63, 3.8) is 0 Å². The maximum atomic E-state index is 10.6. The number of aromatic amines is 1. The van der Waals surface area contributed by atoms with Crippen LogP contribution < -0.4 is 5.73 Å². The predicted octanol–water partition coefficient (Wildman–Crippen LogP) is 2.10. The molecule has 0 saturated carbocycles. The van der Waals surface area contributed by atoms with Crippen molar-refractivity contribution >= 4 is 23.8 Å². The monoisotopic (exact) mass is 265 g/mol. The first-order chi connectivity index (χ1) is 8.70. The zero-order chi connectivity index (χ0) is 13.0. The number of carbonyl (C=O) groups is 1. The second-order valence-electron chi connectivity index (χ2n) is 3.81. The molecule has 3 N–H and O–H groups in total. The smallest absolute Gasteiger partial charge is 0.293 e. The molecule has 1 unspecified atom stereocenters. The summed E-state index contributed by atoms with van der Waals surface area (Å²) in [6.07, 6.45) is 3.46. The highest BCUT2D eigenvalue weighted by atomic mass is 35.5. The highest BCUT2D eigenvalue weighted by Gasteiger charge is 2.17. The maximum absolute atomic E-state index is 10.6. The number of hydrogen-bond donors (Lipinski definition) is 2. The van der Waals surface area contributed by atoms with Gasteiger partial charge >= 0.3 is 0 Å². The van der Waals surface area contributed by atoms with Gasteiger partial charge < -0.3 is 10.5 Å². The van der Waals surface area contributed by atoms with Crippen molar-refractivity contribution < 1.29 is 9.53 Å². The lowest BCUT2D eigenvalue weighted by Gasteiger charge is -2.16. The summed E-state index contributed by atoms with van der Waals surface area (Å²) in [7, 11) is 0. The van der Waals surface area contributed by atoms with Crippen molar-refractivity contribution in [2.75, 3.05) is 5.73 Å². The second-order valence-corrected chi connectivity index (χ2v) is 4.22. The van der Waals surface area contributed by atoms with Crippen LogP contribution in [0.1, 0.15) is 17.2 Å². The predicted molar refractivity (Wildman–Crippen MR) is 68.0 cm³/mol. The Labute approximate surface area is 109 Å². The number of ether oxygens (including phenoxy) is 1. The Kier molecular flexibility index (Phi) is 3.84. The van der Waals surface area contributed by atoms with Crippen molar-refractivity contribution in [2.24, 2.45) is 0 Å². The third-order valence-electron chi connectivity index (χ3n) is 2.57. The van der Waals surface area contributed by atoms with Gasteiger partial charge in [-0.1, -0.05) is 17.7 Å². The van der Waals surface area contributed by atoms with Gasteiger partial charge in [-0.05, 0) is 17.7 Å². The zero-order valence-corrected chi connectivity index (χ0v) is 10.2. The van der Waals surface area contributed by atoms with Crippen molar-refractivity contribution in [3.8, 4) is 0 Å². The van der Waals surface area contributed by atoms with Crippen LogP contribution in [-0.4, -0.2) is 16.7 Å². The lowest BCUT2D eigenvalue weighted by atomic mass is 10.0. The number of hydrogen-bond acceptors (Lipinski definition) is 4. The molecule has 2 aromatic rings. The van der Waals surface area contributed by atoms with E-state index in [0.717, 1.165) is 11.1 Å². The molecule has 0 aliphatic rings. The summed E-state index contributed by atoms with van der Waals surface area (Å²) in [5.74, 6) is 0. The van der Waals surface area contributed by atoms with Crippen molar-refractivity contribution in [1.82, 2.24) is 10.2 Å². The molecule has 5 nitrogen and oxygen atoms in total. The summed E-state index contributed by atoms with van der Waals surface area (Å²) in [6, 6.07) is 5.11. The Morgan fingerprint density at radius 3 is 3.00 bits per heavy atom. The van der Waals surface area contributed by atoms with E-state index in [1.807, 2.05) is 0 Å². The fraction of sp³-hybridized carbons (Fsp3) is 0.167. The molecule has 0 radical (unpaired) electrons. The normalized spacial score (nSPS) is 12.1. The fourth-order valence-corrected chi connectivity index (χ4v) is 2.02. The molecule has 1 aromatic heterocycles. The number of anilines is 1. The molecule has 94 valence electrons. The molecule has 0 saturated heterocycles. The largest absolute Gasteiger partial charge is 0.459 e. The number of halogens is 1. The van der Waals surface area contributed by atoms with E-state index in [4.69, 9.17) is 22.1 Å². The molecular formula is C12H12ClN3O2. The van der Waals surface area contributed by atoms with E-state index in [0.29, 0.717) is 23.6 Å². The summed E-state index contributed by atoms with van der Waals surface area (Å²) in [5.41, 5.74) is 7.84. The summed E-state index contributed by atoms with van der Waals surface area (Å²) in [4.78, 5) is 10.6. The molecule has 1 aromatic carbocycles. The number of rotatable bonds is 5. The Balaban J connectivity index is 2.26. The first kappa shape index (κ1) is 12.4.